The fourth-order valence-electron chi connectivity index (χ4n) is 11.3. The molecule has 0 radical (unpaired) electrons. The topological polar surface area (TPSA) is 147 Å². The van der Waals surface area contributed by atoms with Crippen LogP contribution in [0.25, 0.3) is 22.1 Å². The van der Waals surface area contributed by atoms with Crippen molar-refractivity contribution < 1.29 is 28.5 Å². The Hall–Kier alpha value is -6.18. The number of nitriles is 3. The van der Waals surface area contributed by atoms with Crippen molar-refractivity contribution in [2.75, 3.05) is 26.4 Å². The number of carbonyl (C=O) groups excluding carboxylic acids is 2. The van der Waals surface area contributed by atoms with Crippen molar-refractivity contribution in [3.63, 3.8) is 0 Å². The van der Waals surface area contributed by atoms with Crippen LogP contribution in [-0.2, 0) is 13.0 Å². The maximum atomic E-state index is 10.3. The van der Waals surface area contributed by atoms with Crippen molar-refractivity contribution in [2.24, 2.45) is 0 Å². The summed E-state index contributed by atoms with van der Waals surface area (Å²) in [5.74, 6) is 2.76. The van der Waals surface area contributed by atoms with Gasteiger partial charge in [-0.25, -0.2) is 6.57 Å². The number of ether oxygens (including phenoxy) is 4. The zero-order valence-corrected chi connectivity index (χ0v) is 61.1. The fourth-order valence-corrected chi connectivity index (χ4v) is 12.7. The van der Waals surface area contributed by atoms with Gasteiger partial charge in [0, 0.05) is 26.4 Å². The van der Waals surface area contributed by atoms with Crippen molar-refractivity contribution in [3.05, 3.63) is 108 Å². The first-order valence-electron chi connectivity index (χ1n) is 37.0. The van der Waals surface area contributed by atoms with Crippen LogP contribution in [0.3, 0.4) is 0 Å². The molecule has 0 bridgehead atoms. The average Bonchev–Trinajstić information content (AvgIpc) is 0.894. The quantitative estimate of drug-likeness (QED) is 0.0182. The Morgan fingerprint density at radius 1 is 0.426 bits per heavy atom. The largest absolute Gasteiger partial charge is 0.493 e. The van der Waals surface area contributed by atoms with Crippen LogP contribution in [0, 0.1) is 47.5 Å². The molecule has 0 aliphatic heterocycles. The normalized spacial score (nSPS) is 11.1. The maximum Gasteiger partial charge on any atom is 0.243 e. The van der Waals surface area contributed by atoms with Gasteiger partial charge in [0.2, 0.25) is 6.54 Å². The molecule has 0 saturated heterocycles. The number of rotatable bonds is 55. The van der Waals surface area contributed by atoms with Gasteiger partial charge < -0.3 is 23.8 Å². The van der Waals surface area contributed by atoms with Crippen LogP contribution in [0.1, 0.15) is 343 Å². The molecule has 0 atom stereocenters. The lowest BCUT2D eigenvalue weighted by molar-refractivity contribution is 0.112. The monoisotopic (exact) mass is 1320 g/mol. The van der Waals surface area contributed by atoms with Crippen LogP contribution < -0.4 is 18.9 Å². The molecule has 0 saturated carbocycles. The Kier molecular flexibility index (Phi) is 53.0. The minimum absolute atomic E-state index is 0.273. The molecule has 0 N–H and O–H groups in total. The molecule has 0 fully saturated rings. The van der Waals surface area contributed by atoms with Gasteiger partial charge >= 0.3 is 0 Å². The standard InChI is InChI=1S/C42H62N2O2S.C34H56N2O2.C6H4O2S/c1-5-8-10-12-14-16-18-20-22-24-28-45-41-32-40(37(34-44)30-38-27-26-35(4)47-38)42(31-39(41)36(7-3)33-43)46-29-25-23-21-19-17-15-13-11-9-6-2;1-4-6-8-10-12-14-16-18-20-22-26-37-33-29-32(30-36-3)34(28-31(33)24-25-35)38-27-23-21-19-17-15-13-11-9-7-5-2;7-3-5-1-2-6(4-8)9-5/h7,26-27,30-32H,5-6,8-25,28-29H2,1-4H3;28-29H,4-24,26-27,30H2,1-2H3;1-4H/b36-7+,37-30+;;. The smallest absolute Gasteiger partial charge is 0.243 e. The number of hydrogen-bond acceptors (Lipinski definition) is 11. The Labute approximate surface area is 580 Å². The third-order valence-corrected chi connectivity index (χ3v) is 18.8. The van der Waals surface area contributed by atoms with Crippen molar-refractivity contribution in [1.29, 1.82) is 15.8 Å². The van der Waals surface area contributed by atoms with E-state index >= 15 is 0 Å². The lowest BCUT2D eigenvalue weighted by atomic mass is 9.98. The predicted octanol–water partition coefficient (Wildman–Crippen LogP) is 25.8. The van der Waals surface area contributed by atoms with Crippen molar-refractivity contribution in [2.45, 2.75) is 311 Å². The van der Waals surface area contributed by atoms with E-state index in [0.717, 1.165) is 89.7 Å². The van der Waals surface area contributed by atoms with Crippen LogP contribution in [0.5, 0.6) is 23.0 Å². The van der Waals surface area contributed by atoms with Gasteiger partial charge in [0.25, 0.3) is 0 Å². The second-order valence-electron chi connectivity index (χ2n) is 25.1. The number of unbranched alkanes of at least 4 members (excludes halogenated alkanes) is 36. The number of nitrogens with zero attached hydrogens (tertiary/aromatic N) is 4. The minimum Gasteiger partial charge on any atom is -0.493 e. The number of thiophene rings is 2. The van der Waals surface area contributed by atoms with Gasteiger partial charge in [-0.15, -0.1) is 22.7 Å². The van der Waals surface area contributed by atoms with Crippen LogP contribution in [0.15, 0.2) is 54.6 Å². The predicted molar refractivity (Wildman–Crippen MR) is 399 cm³/mol. The highest BCUT2D eigenvalue weighted by Gasteiger charge is 2.20. The molecule has 518 valence electrons. The molecular formula is C82H122N4O6S2. The molecular weight excluding hydrogens is 1200 g/mol. The van der Waals surface area contributed by atoms with E-state index in [-0.39, 0.29) is 6.54 Å². The van der Waals surface area contributed by atoms with Gasteiger partial charge in [-0.2, -0.15) is 15.8 Å². The molecule has 2 heterocycles. The van der Waals surface area contributed by atoms with Gasteiger partial charge in [0.15, 0.2) is 12.6 Å². The molecule has 0 spiro atoms. The first kappa shape index (κ1) is 83.9. The number of allylic oxidation sites excluding steroid dienone is 3. The highest BCUT2D eigenvalue weighted by molar-refractivity contribution is 7.15. The minimum atomic E-state index is 0.273. The van der Waals surface area contributed by atoms with Gasteiger partial charge in [0.1, 0.15) is 23.0 Å². The summed E-state index contributed by atoms with van der Waals surface area (Å²) in [4.78, 5) is 27.1. The second-order valence-corrected chi connectivity index (χ2v) is 27.6. The number of aryl methyl sites for hydroxylation is 1. The van der Waals surface area contributed by atoms with Crippen molar-refractivity contribution >= 4 is 52.5 Å². The van der Waals surface area contributed by atoms with Gasteiger partial charge in [-0.3, -0.25) is 9.59 Å². The van der Waals surface area contributed by atoms with Crippen molar-refractivity contribution in [3.8, 4) is 41.2 Å². The summed E-state index contributed by atoms with van der Waals surface area (Å²) in [5, 5.41) is 29.6. The molecule has 0 aliphatic carbocycles. The summed E-state index contributed by atoms with van der Waals surface area (Å²) in [6.45, 7) is 23.1. The summed E-state index contributed by atoms with van der Waals surface area (Å²) >= 11 is 2.86. The Morgan fingerprint density at radius 3 is 1.04 bits per heavy atom. The van der Waals surface area contributed by atoms with Gasteiger partial charge in [0.05, 0.1) is 77.5 Å². The van der Waals surface area contributed by atoms with E-state index < -0.39 is 0 Å². The molecule has 10 nitrogen and oxygen atoms in total. The van der Waals surface area contributed by atoms with E-state index in [1.54, 1.807) is 23.5 Å². The third kappa shape index (κ3) is 40.3. The van der Waals surface area contributed by atoms with E-state index in [1.165, 1.54) is 235 Å². The first-order valence-corrected chi connectivity index (χ1v) is 38.6. The Bertz CT molecular complexity index is 2730. The molecule has 4 rings (SSSR count). The SMILES string of the molecule is C/C=C(\C#N)c1cc(OCCCCCCCCCCCC)c(/C(C#N)=C/c2ccc(C)s2)cc1OCCCCCCCCCCCC.O=Cc1ccc(C=O)s1.[C-]#[N+]Cc1cc(OCCCCCCCCCCCC)c(CC#N)cc1OCCCCCCCCCCCC. The zero-order chi connectivity index (χ0) is 68.2. The van der Waals surface area contributed by atoms with E-state index in [4.69, 9.17) is 25.5 Å². The first-order chi connectivity index (χ1) is 46.2. The Balaban J connectivity index is 0.000000572. The second kappa shape index (κ2) is 59.3. The molecule has 0 amide bonds. The van der Waals surface area contributed by atoms with Gasteiger partial charge in [-0.1, -0.05) is 265 Å². The zero-order valence-electron chi connectivity index (χ0n) is 59.5. The van der Waals surface area contributed by atoms with Crippen LogP contribution in [0.2, 0.25) is 0 Å². The van der Waals surface area contributed by atoms with Crippen LogP contribution in [-0.4, -0.2) is 39.0 Å². The molecule has 94 heavy (non-hydrogen) atoms. The lowest BCUT2D eigenvalue weighted by Crippen LogP contribution is -2.05. The summed E-state index contributed by atoms with van der Waals surface area (Å²) < 4.78 is 25.0. The molecule has 0 aliphatic rings. The maximum absolute atomic E-state index is 10.3. The number of aldehydes is 2. The van der Waals surface area contributed by atoms with Gasteiger partial charge in [-0.05, 0) is 94.1 Å². The number of hydrogen-bond donors (Lipinski definition) is 0. The fraction of sp³-hybridized carbons (Fsp3) is 0.634. The highest BCUT2D eigenvalue weighted by Crippen LogP contribution is 2.39. The summed E-state index contributed by atoms with van der Waals surface area (Å²) in [6, 6.07) is 22.1. The third-order valence-electron chi connectivity index (χ3n) is 16.9. The molecule has 0 unspecified atom stereocenters. The average molecular weight is 1320 g/mol. The molecule has 12 heteroatoms. The summed E-state index contributed by atoms with van der Waals surface area (Å²) in [7, 11) is 0. The molecule has 2 aromatic carbocycles. The van der Waals surface area contributed by atoms with Crippen molar-refractivity contribution in [1.82, 2.24) is 0 Å². The van der Waals surface area contributed by atoms with Crippen LogP contribution >= 0.6 is 22.7 Å². The Morgan fingerprint density at radius 2 is 0.745 bits per heavy atom. The van der Waals surface area contributed by atoms with E-state index in [0.29, 0.717) is 65.2 Å². The van der Waals surface area contributed by atoms with Crippen LogP contribution in [0.4, 0.5) is 0 Å². The number of carbonyl (C=O) groups is 2. The molecule has 4 aromatic rings. The molecule has 2 aromatic heterocycles. The highest BCUT2D eigenvalue weighted by atomic mass is 32.1. The van der Waals surface area contributed by atoms with E-state index in [1.807, 2.05) is 49.4 Å². The summed E-state index contributed by atoms with van der Waals surface area (Å²) in [5.41, 5.74) is 4.28. The van der Waals surface area contributed by atoms with E-state index in [9.17, 15) is 25.4 Å². The number of benzene rings is 2. The lowest BCUT2D eigenvalue weighted by Gasteiger charge is -2.17. The van der Waals surface area contributed by atoms with E-state index in [2.05, 4.69) is 63.7 Å². The summed E-state index contributed by atoms with van der Waals surface area (Å²) in [6.07, 6.45) is 56.7.